The summed E-state index contributed by atoms with van der Waals surface area (Å²) in [5.74, 6) is 0.459. The van der Waals surface area contributed by atoms with Crippen molar-refractivity contribution in [2.24, 2.45) is 0 Å². The van der Waals surface area contributed by atoms with E-state index in [0.29, 0.717) is 22.9 Å². The highest BCUT2D eigenvalue weighted by molar-refractivity contribution is 6.30. The number of ketones is 1. The van der Waals surface area contributed by atoms with Crippen molar-refractivity contribution in [3.8, 4) is 0 Å². The molecule has 1 aliphatic heterocycles. The molecule has 2 heterocycles. The summed E-state index contributed by atoms with van der Waals surface area (Å²) in [6, 6.07) is 12.6. The van der Waals surface area contributed by atoms with E-state index in [0.717, 1.165) is 42.9 Å². The standard InChI is InChI=1S/C19H21ClN2O2/c20-17-6-4-16(5-7-17)19(23)10-14-21-12-8-15(9-13-21)18-3-1-2-11-22(18)24/h1-7,11,15H,8-10,12-14H2. The smallest absolute Gasteiger partial charge is 0.195 e. The van der Waals surface area contributed by atoms with Crippen LogP contribution in [0.4, 0.5) is 0 Å². The van der Waals surface area contributed by atoms with Crippen LogP contribution in [0.15, 0.2) is 48.7 Å². The maximum atomic E-state index is 12.2. The summed E-state index contributed by atoms with van der Waals surface area (Å²) in [4.78, 5) is 14.5. The number of piperidine rings is 1. The Morgan fingerprint density at radius 3 is 2.54 bits per heavy atom. The molecule has 2 aromatic rings. The Hall–Kier alpha value is -1.91. The molecule has 1 fully saturated rings. The summed E-state index contributed by atoms with van der Waals surface area (Å²) >= 11 is 5.85. The van der Waals surface area contributed by atoms with Gasteiger partial charge in [-0.1, -0.05) is 17.7 Å². The molecule has 1 aromatic heterocycles. The number of nitrogens with zero attached hydrogens (tertiary/aromatic N) is 2. The van der Waals surface area contributed by atoms with Crippen molar-refractivity contribution in [2.75, 3.05) is 19.6 Å². The van der Waals surface area contributed by atoms with E-state index < -0.39 is 0 Å². The number of benzene rings is 1. The molecule has 0 saturated carbocycles. The number of hydrogen-bond donors (Lipinski definition) is 0. The van der Waals surface area contributed by atoms with E-state index in [-0.39, 0.29) is 5.78 Å². The van der Waals surface area contributed by atoms with Gasteiger partial charge in [0, 0.05) is 41.6 Å². The Kier molecular flexibility index (Phi) is 5.48. The number of carbonyl (C=O) groups excluding carboxylic acids is 1. The predicted octanol–water partition coefficient (Wildman–Crippen LogP) is 3.43. The molecule has 1 aromatic carbocycles. The molecule has 4 nitrogen and oxygen atoms in total. The number of halogens is 1. The minimum absolute atomic E-state index is 0.147. The lowest BCUT2D eigenvalue weighted by atomic mass is 9.93. The van der Waals surface area contributed by atoms with Crippen molar-refractivity contribution >= 4 is 17.4 Å². The second kappa shape index (κ2) is 7.77. The largest absolute Gasteiger partial charge is 0.618 e. The Morgan fingerprint density at radius 2 is 1.88 bits per heavy atom. The Balaban J connectivity index is 1.48. The van der Waals surface area contributed by atoms with E-state index in [1.165, 1.54) is 0 Å². The first-order chi connectivity index (χ1) is 11.6. The topological polar surface area (TPSA) is 47.2 Å². The average molecular weight is 345 g/mol. The van der Waals surface area contributed by atoms with Crippen LogP contribution >= 0.6 is 11.6 Å². The van der Waals surface area contributed by atoms with Gasteiger partial charge in [-0.25, -0.2) is 0 Å². The minimum Gasteiger partial charge on any atom is -0.618 e. The third kappa shape index (κ3) is 4.13. The fourth-order valence-electron chi connectivity index (χ4n) is 3.25. The fourth-order valence-corrected chi connectivity index (χ4v) is 3.38. The number of hydrogen-bond acceptors (Lipinski definition) is 3. The van der Waals surface area contributed by atoms with E-state index in [4.69, 9.17) is 11.6 Å². The third-order valence-electron chi connectivity index (χ3n) is 4.68. The molecule has 0 spiro atoms. The van der Waals surface area contributed by atoms with Crippen LogP contribution in [0.2, 0.25) is 5.02 Å². The maximum absolute atomic E-state index is 12.2. The molecule has 0 bridgehead atoms. The van der Waals surface area contributed by atoms with Gasteiger partial charge in [0.1, 0.15) is 0 Å². The van der Waals surface area contributed by atoms with Crippen LogP contribution in [0.25, 0.3) is 0 Å². The van der Waals surface area contributed by atoms with Crippen LogP contribution in [0.5, 0.6) is 0 Å². The summed E-state index contributed by atoms with van der Waals surface area (Å²) in [6.45, 7) is 2.61. The molecule has 0 radical (unpaired) electrons. The second-order valence-electron chi connectivity index (χ2n) is 6.25. The lowest BCUT2D eigenvalue weighted by Gasteiger charge is -2.30. The number of likely N-dealkylation sites (tertiary alicyclic amines) is 1. The highest BCUT2D eigenvalue weighted by atomic mass is 35.5. The average Bonchev–Trinajstić information content (AvgIpc) is 2.61. The van der Waals surface area contributed by atoms with E-state index in [2.05, 4.69) is 4.90 Å². The van der Waals surface area contributed by atoms with Gasteiger partial charge in [0.05, 0.1) is 0 Å². The van der Waals surface area contributed by atoms with Crippen LogP contribution in [-0.2, 0) is 0 Å². The number of Topliss-reactive ketones (excluding diaryl/α,β-unsaturated/α-hetero) is 1. The molecule has 0 amide bonds. The van der Waals surface area contributed by atoms with Crippen LogP contribution in [0, 0.1) is 5.21 Å². The molecule has 0 unspecified atom stereocenters. The maximum Gasteiger partial charge on any atom is 0.195 e. The zero-order valence-electron chi connectivity index (χ0n) is 13.5. The molecule has 5 heteroatoms. The molecule has 0 aliphatic carbocycles. The summed E-state index contributed by atoms with van der Waals surface area (Å²) < 4.78 is 0.977. The first kappa shape index (κ1) is 16.9. The molecule has 1 saturated heterocycles. The van der Waals surface area contributed by atoms with Gasteiger partial charge >= 0.3 is 0 Å². The van der Waals surface area contributed by atoms with Crippen molar-refractivity contribution in [1.82, 2.24) is 4.90 Å². The molecule has 1 aliphatic rings. The SMILES string of the molecule is O=C(CCN1CCC(c2cccc[n+]2[O-])CC1)c1ccc(Cl)cc1. The van der Waals surface area contributed by atoms with Crippen LogP contribution in [-0.4, -0.2) is 30.3 Å². The molecule has 0 atom stereocenters. The van der Waals surface area contributed by atoms with Crippen molar-refractivity contribution in [3.63, 3.8) is 0 Å². The van der Waals surface area contributed by atoms with E-state index in [1.54, 1.807) is 36.5 Å². The number of pyridine rings is 1. The molecule has 24 heavy (non-hydrogen) atoms. The van der Waals surface area contributed by atoms with Crippen LogP contribution in [0.1, 0.15) is 41.2 Å². The van der Waals surface area contributed by atoms with E-state index in [1.807, 2.05) is 12.1 Å². The lowest BCUT2D eigenvalue weighted by Crippen LogP contribution is -2.39. The van der Waals surface area contributed by atoms with Crippen molar-refractivity contribution < 1.29 is 9.52 Å². The first-order valence-electron chi connectivity index (χ1n) is 8.32. The van der Waals surface area contributed by atoms with Gasteiger partial charge in [-0.05, 0) is 50.2 Å². The zero-order chi connectivity index (χ0) is 16.9. The molecule has 126 valence electrons. The highest BCUT2D eigenvalue weighted by Gasteiger charge is 2.25. The van der Waals surface area contributed by atoms with Crippen LogP contribution < -0.4 is 4.73 Å². The van der Waals surface area contributed by atoms with Crippen LogP contribution in [0.3, 0.4) is 0 Å². The molecular weight excluding hydrogens is 324 g/mol. The summed E-state index contributed by atoms with van der Waals surface area (Å²) in [5, 5.41) is 12.5. The van der Waals surface area contributed by atoms with Crippen molar-refractivity contribution in [3.05, 3.63) is 70.1 Å². The molecule has 3 rings (SSSR count). The first-order valence-corrected chi connectivity index (χ1v) is 8.70. The van der Waals surface area contributed by atoms with Gasteiger partial charge in [0.2, 0.25) is 0 Å². The van der Waals surface area contributed by atoms with Gasteiger partial charge in [0.15, 0.2) is 17.7 Å². The Labute approximate surface area is 147 Å². The monoisotopic (exact) mass is 344 g/mol. The predicted molar refractivity (Wildman–Crippen MR) is 94.2 cm³/mol. The lowest BCUT2D eigenvalue weighted by molar-refractivity contribution is -0.616. The number of carbonyl (C=O) groups is 1. The van der Waals surface area contributed by atoms with Gasteiger partial charge in [-0.3, -0.25) is 4.79 Å². The van der Waals surface area contributed by atoms with E-state index in [9.17, 15) is 10.0 Å². The van der Waals surface area contributed by atoms with E-state index >= 15 is 0 Å². The number of rotatable bonds is 5. The summed E-state index contributed by atoms with van der Waals surface area (Å²) in [7, 11) is 0. The fraction of sp³-hybridized carbons (Fsp3) is 0.368. The van der Waals surface area contributed by atoms with Crippen molar-refractivity contribution in [2.45, 2.75) is 25.2 Å². The summed E-state index contributed by atoms with van der Waals surface area (Å²) in [5.41, 5.74) is 1.57. The highest BCUT2D eigenvalue weighted by Crippen LogP contribution is 2.25. The zero-order valence-corrected chi connectivity index (χ0v) is 14.3. The Bertz CT molecular complexity index is 695. The minimum atomic E-state index is 0.147. The number of aromatic nitrogens is 1. The van der Waals surface area contributed by atoms with Gasteiger partial charge in [-0.2, -0.15) is 4.73 Å². The second-order valence-corrected chi connectivity index (χ2v) is 6.68. The Morgan fingerprint density at radius 1 is 1.17 bits per heavy atom. The quantitative estimate of drug-likeness (QED) is 0.474. The normalized spacial score (nSPS) is 16.2. The molecule has 0 N–H and O–H groups in total. The third-order valence-corrected chi connectivity index (χ3v) is 4.93. The van der Waals surface area contributed by atoms with Gasteiger partial charge < -0.3 is 10.1 Å². The van der Waals surface area contributed by atoms with Crippen molar-refractivity contribution in [1.29, 1.82) is 0 Å². The van der Waals surface area contributed by atoms with Gasteiger partial charge in [0.25, 0.3) is 0 Å². The van der Waals surface area contributed by atoms with Gasteiger partial charge in [-0.15, -0.1) is 0 Å². The summed E-state index contributed by atoms with van der Waals surface area (Å²) in [6.07, 6.45) is 3.99. The molecular formula is C19H21ClN2O2.